The fourth-order valence-corrected chi connectivity index (χ4v) is 2.37. The Bertz CT molecular complexity index is 881. The number of methoxy groups -OCH3 is 2. The first kappa shape index (κ1) is 20.8. The molecule has 2 aromatic rings. The Labute approximate surface area is 162 Å². The molecule has 0 heterocycles. The van der Waals surface area contributed by atoms with Crippen LogP contribution in [0.4, 0.5) is 11.4 Å². The molecule has 0 aliphatic heterocycles. The summed E-state index contributed by atoms with van der Waals surface area (Å²) in [6, 6.07) is 11.2. The average Bonchev–Trinajstić information content (AvgIpc) is 2.67. The van der Waals surface area contributed by atoms with Crippen molar-refractivity contribution in [1.82, 2.24) is 0 Å². The lowest BCUT2D eigenvalue weighted by Gasteiger charge is -2.15. The summed E-state index contributed by atoms with van der Waals surface area (Å²) in [6.45, 7) is 2.83. The molecule has 0 saturated carbocycles. The normalized spacial score (nSPS) is 11.1. The first-order valence-electron chi connectivity index (χ1n) is 8.45. The van der Waals surface area contributed by atoms with Crippen molar-refractivity contribution >= 4 is 29.2 Å². The summed E-state index contributed by atoms with van der Waals surface area (Å²) >= 11 is 0. The summed E-state index contributed by atoms with van der Waals surface area (Å²) in [4.78, 5) is 35.7. The molecular formula is C20H22N2O6. The summed E-state index contributed by atoms with van der Waals surface area (Å²) in [5.74, 6) is -0.451. The van der Waals surface area contributed by atoms with Gasteiger partial charge in [-0.2, -0.15) is 0 Å². The molecule has 2 amide bonds. The van der Waals surface area contributed by atoms with E-state index in [0.29, 0.717) is 22.9 Å². The van der Waals surface area contributed by atoms with Crippen molar-refractivity contribution < 1.29 is 28.6 Å². The molecule has 0 fully saturated rings. The van der Waals surface area contributed by atoms with Crippen molar-refractivity contribution in [3.05, 3.63) is 48.0 Å². The molecule has 1 unspecified atom stereocenters. The van der Waals surface area contributed by atoms with E-state index in [1.54, 1.807) is 30.3 Å². The van der Waals surface area contributed by atoms with E-state index < -0.39 is 18.0 Å². The summed E-state index contributed by atoms with van der Waals surface area (Å²) in [5, 5.41) is 5.23. The molecule has 1 atom stereocenters. The van der Waals surface area contributed by atoms with Gasteiger partial charge in [0.25, 0.3) is 5.91 Å². The second-order valence-corrected chi connectivity index (χ2v) is 5.87. The molecule has 2 N–H and O–H groups in total. The Morgan fingerprint density at radius 3 is 2.21 bits per heavy atom. The molecule has 0 aromatic heterocycles. The van der Waals surface area contributed by atoms with Crippen LogP contribution in [-0.4, -0.2) is 38.1 Å². The van der Waals surface area contributed by atoms with Gasteiger partial charge in [-0.3, -0.25) is 9.59 Å². The van der Waals surface area contributed by atoms with Crippen LogP contribution < -0.4 is 20.1 Å². The van der Waals surface area contributed by atoms with Gasteiger partial charge in [-0.15, -0.1) is 0 Å². The first-order chi connectivity index (χ1) is 13.3. The zero-order chi connectivity index (χ0) is 20.7. The zero-order valence-electron chi connectivity index (χ0n) is 16.1. The van der Waals surface area contributed by atoms with E-state index in [-0.39, 0.29) is 11.5 Å². The Morgan fingerprint density at radius 1 is 0.893 bits per heavy atom. The molecule has 0 aliphatic rings. The van der Waals surface area contributed by atoms with Crippen LogP contribution in [0.5, 0.6) is 11.5 Å². The van der Waals surface area contributed by atoms with Gasteiger partial charge in [0.05, 0.1) is 19.8 Å². The van der Waals surface area contributed by atoms with Crippen LogP contribution in [-0.2, 0) is 14.3 Å². The smallest absolute Gasteiger partial charge is 0.338 e. The number of amides is 2. The molecule has 2 aromatic carbocycles. The van der Waals surface area contributed by atoms with E-state index in [0.717, 1.165) is 0 Å². The topological polar surface area (TPSA) is 103 Å². The Kier molecular flexibility index (Phi) is 6.97. The van der Waals surface area contributed by atoms with Crippen LogP contribution in [0.2, 0.25) is 0 Å². The summed E-state index contributed by atoms with van der Waals surface area (Å²) < 4.78 is 15.5. The number of rotatable bonds is 7. The van der Waals surface area contributed by atoms with Crippen molar-refractivity contribution in [3.63, 3.8) is 0 Å². The number of carbonyl (C=O) groups excluding carboxylic acids is 3. The van der Waals surface area contributed by atoms with Crippen molar-refractivity contribution in [2.45, 2.75) is 20.0 Å². The molecule has 0 spiro atoms. The van der Waals surface area contributed by atoms with E-state index in [1.807, 2.05) is 0 Å². The maximum atomic E-state index is 12.3. The Hall–Kier alpha value is -3.55. The quantitative estimate of drug-likeness (QED) is 0.710. The maximum Gasteiger partial charge on any atom is 0.338 e. The lowest BCUT2D eigenvalue weighted by molar-refractivity contribution is -0.123. The van der Waals surface area contributed by atoms with Crippen molar-refractivity contribution in [2.24, 2.45) is 0 Å². The van der Waals surface area contributed by atoms with Crippen molar-refractivity contribution in [3.8, 4) is 11.5 Å². The average molecular weight is 386 g/mol. The highest BCUT2D eigenvalue weighted by atomic mass is 16.5. The minimum atomic E-state index is -1.04. The van der Waals surface area contributed by atoms with E-state index in [2.05, 4.69) is 10.6 Å². The molecule has 8 heteroatoms. The summed E-state index contributed by atoms with van der Waals surface area (Å²) in [5.41, 5.74) is 1.15. The second-order valence-electron chi connectivity index (χ2n) is 5.87. The van der Waals surface area contributed by atoms with E-state index in [4.69, 9.17) is 14.2 Å². The number of benzene rings is 2. The van der Waals surface area contributed by atoms with Gasteiger partial charge in [0.1, 0.15) is 0 Å². The summed E-state index contributed by atoms with van der Waals surface area (Å²) in [7, 11) is 3.00. The largest absolute Gasteiger partial charge is 0.493 e. The molecule has 2 rings (SSSR count). The minimum Gasteiger partial charge on any atom is -0.493 e. The number of esters is 1. The van der Waals surface area contributed by atoms with Gasteiger partial charge in [-0.1, -0.05) is 6.07 Å². The number of hydrogen-bond donors (Lipinski definition) is 2. The molecule has 0 radical (unpaired) electrons. The Morgan fingerprint density at radius 2 is 1.57 bits per heavy atom. The molecule has 0 saturated heterocycles. The highest BCUT2D eigenvalue weighted by Gasteiger charge is 2.20. The third kappa shape index (κ3) is 5.47. The van der Waals surface area contributed by atoms with Gasteiger partial charge in [0, 0.05) is 24.4 Å². The fourth-order valence-electron chi connectivity index (χ4n) is 2.37. The second kappa shape index (κ2) is 9.40. The third-order valence-corrected chi connectivity index (χ3v) is 3.72. The van der Waals surface area contributed by atoms with Gasteiger partial charge < -0.3 is 24.8 Å². The van der Waals surface area contributed by atoms with E-state index >= 15 is 0 Å². The van der Waals surface area contributed by atoms with Crippen molar-refractivity contribution in [1.29, 1.82) is 0 Å². The van der Waals surface area contributed by atoms with Gasteiger partial charge in [0.15, 0.2) is 17.6 Å². The van der Waals surface area contributed by atoms with Gasteiger partial charge >= 0.3 is 5.97 Å². The molecule has 0 aliphatic carbocycles. The molecule has 0 bridgehead atoms. The number of ether oxygens (including phenoxy) is 3. The highest BCUT2D eigenvalue weighted by molar-refractivity contribution is 5.98. The number of nitrogens with one attached hydrogen (secondary N) is 2. The van der Waals surface area contributed by atoms with Gasteiger partial charge in [-0.25, -0.2) is 4.79 Å². The van der Waals surface area contributed by atoms with Crippen LogP contribution in [0.25, 0.3) is 0 Å². The minimum absolute atomic E-state index is 0.219. The fraction of sp³-hybridized carbons (Fsp3) is 0.250. The Balaban J connectivity index is 2.02. The number of hydrogen-bond acceptors (Lipinski definition) is 6. The number of carbonyl (C=O) groups is 3. The first-order valence-corrected chi connectivity index (χ1v) is 8.45. The third-order valence-electron chi connectivity index (χ3n) is 3.72. The predicted octanol–water partition coefficient (Wildman–Crippen LogP) is 2.85. The van der Waals surface area contributed by atoms with Crippen LogP contribution in [0.3, 0.4) is 0 Å². The highest BCUT2D eigenvalue weighted by Crippen LogP contribution is 2.29. The lowest BCUT2D eigenvalue weighted by atomic mass is 10.2. The molecular weight excluding hydrogens is 364 g/mol. The monoisotopic (exact) mass is 386 g/mol. The maximum absolute atomic E-state index is 12.3. The zero-order valence-corrected chi connectivity index (χ0v) is 16.1. The summed E-state index contributed by atoms with van der Waals surface area (Å²) in [6.07, 6.45) is -1.04. The van der Waals surface area contributed by atoms with Crippen LogP contribution in [0.1, 0.15) is 24.2 Å². The van der Waals surface area contributed by atoms with E-state index in [9.17, 15) is 14.4 Å². The standard InChI is InChI=1S/C20H22N2O6/c1-12(19(24)22-16-8-9-17(26-3)18(11-16)27-4)28-20(25)14-6-5-7-15(10-14)21-13(2)23/h5-12H,1-4H3,(H,21,23)(H,22,24). The number of anilines is 2. The lowest BCUT2D eigenvalue weighted by Crippen LogP contribution is -2.30. The molecule has 28 heavy (non-hydrogen) atoms. The van der Waals surface area contributed by atoms with Crippen LogP contribution >= 0.6 is 0 Å². The SMILES string of the molecule is COc1ccc(NC(=O)C(C)OC(=O)c2cccc(NC(C)=O)c2)cc1OC. The van der Waals surface area contributed by atoms with Crippen LogP contribution in [0, 0.1) is 0 Å². The van der Waals surface area contributed by atoms with Gasteiger partial charge in [0.2, 0.25) is 5.91 Å². The van der Waals surface area contributed by atoms with Gasteiger partial charge in [-0.05, 0) is 37.3 Å². The van der Waals surface area contributed by atoms with E-state index in [1.165, 1.54) is 40.2 Å². The molecule has 148 valence electrons. The molecule has 8 nitrogen and oxygen atoms in total. The van der Waals surface area contributed by atoms with Crippen molar-refractivity contribution in [2.75, 3.05) is 24.9 Å². The predicted molar refractivity (Wildman–Crippen MR) is 104 cm³/mol. The van der Waals surface area contributed by atoms with Crippen LogP contribution in [0.15, 0.2) is 42.5 Å².